The monoisotopic (exact) mass is 215 g/mol. The number of benzene rings is 1. The number of carbonyl (C=O) groups excluding carboxylic acids is 1. The number of phenols is 1. The molecule has 0 saturated heterocycles. The van der Waals surface area contributed by atoms with Crippen LogP contribution in [-0.4, -0.2) is 30.0 Å². The first-order chi connectivity index (χ1) is 6.91. The number of hydrogen-bond donors (Lipinski definition) is 1. The van der Waals surface area contributed by atoms with Gasteiger partial charge in [0, 0.05) is 31.8 Å². The van der Waals surface area contributed by atoms with Crippen molar-refractivity contribution < 1.29 is 18.7 Å². The Bertz CT molecular complexity index is 368. The maximum absolute atomic E-state index is 13.2. The van der Waals surface area contributed by atoms with Gasteiger partial charge in [0.2, 0.25) is 5.91 Å². The Hall–Kier alpha value is -1.65. The smallest absolute Gasteiger partial charge is 0.226 e. The summed E-state index contributed by atoms with van der Waals surface area (Å²) in [6.07, 6.45) is -0.356. The number of halogens is 2. The molecule has 0 heterocycles. The molecule has 3 nitrogen and oxygen atoms in total. The first-order valence-corrected chi connectivity index (χ1v) is 4.29. The zero-order valence-corrected chi connectivity index (χ0v) is 8.42. The van der Waals surface area contributed by atoms with E-state index in [2.05, 4.69) is 0 Å². The summed E-state index contributed by atoms with van der Waals surface area (Å²) in [5.41, 5.74) is -0.327. The van der Waals surface area contributed by atoms with Crippen LogP contribution in [-0.2, 0) is 11.2 Å². The summed E-state index contributed by atoms with van der Waals surface area (Å²) in [6, 6.07) is 1.56. The van der Waals surface area contributed by atoms with E-state index >= 15 is 0 Å². The van der Waals surface area contributed by atoms with Crippen LogP contribution in [0.4, 0.5) is 8.78 Å². The second-order valence-corrected chi connectivity index (χ2v) is 3.35. The van der Waals surface area contributed by atoms with Crippen LogP contribution in [0.25, 0.3) is 0 Å². The topological polar surface area (TPSA) is 40.5 Å². The van der Waals surface area contributed by atoms with Gasteiger partial charge in [-0.1, -0.05) is 0 Å². The minimum atomic E-state index is -0.914. The van der Waals surface area contributed by atoms with Gasteiger partial charge in [0.05, 0.1) is 6.42 Å². The zero-order chi connectivity index (χ0) is 11.6. The number of nitrogens with zero attached hydrogens (tertiary/aromatic N) is 1. The van der Waals surface area contributed by atoms with Gasteiger partial charge in [-0.15, -0.1) is 0 Å². The number of phenolic OH excluding ortho intramolecular Hbond substituents is 1. The van der Waals surface area contributed by atoms with E-state index in [1.165, 1.54) is 19.0 Å². The van der Waals surface area contributed by atoms with Crippen molar-refractivity contribution in [1.82, 2.24) is 4.90 Å². The van der Waals surface area contributed by atoms with Crippen molar-refractivity contribution in [3.05, 3.63) is 29.3 Å². The predicted molar refractivity (Wildman–Crippen MR) is 50.4 cm³/mol. The first-order valence-electron chi connectivity index (χ1n) is 4.29. The first kappa shape index (κ1) is 11.4. The van der Waals surface area contributed by atoms with Crippen LogP contribution < -0.4 is 0 Å². The summed E-state index contributed by atoms with van der Waals surface area (Å²) in [5, 5.41) is 8.89. The molecule has 1 rings (SSSR count). The Balaban J connectivity index is 3.00. The minimum Gasteiger partial charge on any atom is -0.508 e. The Morgan fingerprint density at radius 2 is 1.80 bits per heavy atom. The summed E-state index contributed by atoms with van der Waals surface area (Å²) in [7, 11) is 3.00. The summed E-state index contributed by atoms with van der Waals surface area (Å²) < 4.78 is 26.3. The molecule has 0 unspecified atom stereocenters. The van der Waals surface area contributed by atoms with Gasteiger partial charge in [-0.25, -0.2) is 8.78 Å². The van der Waals surface area contributed by atoms with E-state index in [4.69, 9.17) is 5.11 Å². The molecule has 0 atom stereocenters. The molecular formula is C10H11F2NO2. The lowest BCUT2D eigenvalue weighted by Crippen LogP contribution is -2.24. The van der Waals surface area contributed by atoms with E-state index in [9.17, 15) is 13.6 Å². The van der Waals surface area contributed by atoms with Crippen LogP contribution in [0.5, 0.6) is 5.75 Å². The van der Waals surface area contributed by atoms with Crippen molar-refractivity contribution in [3.63, 3.8) is 0 Å². The Labute approximate surface area is 85.9 Å². The van der Waals surface area contributed by atoms with Crippen molar-refractivity contribution >= 4 is 5.91 Å². The number of rotatable bonds is 2. The molecule has 1 aromatic rings. The molecule has 1 N–H and O–H groups in total. The maximum Gasteiger partial charge on any atom is 0.226 e. The summed E-state index contributed by atoms with van der Waals surface area (Å²) in [6.45, 7) is 0. The van der Waals surface area contributed by atoms with Gasteiger partial charge in [0.1, 0.15) is 17.4 Å². The van der Waals surface area contributed by atoms with Crippen LogP contribution >= 0.6 is 0 Å². The lowest BCUT2D eigenvalue weighted by molar-refractivity contribution is -0.128. The molecule has 0 radical (unpaired) electrons. The van der Waals surface area contributed by atoms with Crippen LogP contribution in [0.15, 0.2) is 12.1 Å². The van der Waals surface area contributed by atoms with Gasteiger partial charge in [-0.2, -0.15) is 0 Å². The quantitative estimate of drug-likeness (QED) is 0.807. The Kier molecular flexibility index (Phi) is 3.24. The second kappa shape index (κ2) is 4.25. The molecular weight excluding hydrogens is 204 g/mol. The molecule has 0 aliphatic heterocycles. The Morgan fingerprint density at radius 1 is 1.33 bits per heavy atom. The number of carbonyl (C=O) groups is 1. The van der Waals surface area contributed by atoms with E-state index in [1.807, 2.05) is 0 Å². The predicted octanol–water partition coefficient (Wildman–Crippen LogP) is 1.30. The van der Waals surface area contributed by atoms with Crippen LogP contribution in [0.1, 0.15) is 5.56 Å². The van der Waals surface area contributed by atoms with E-state index in [0.717, 1.165) is 12.1 Å². The number of likely N-dealkylation sites (N-methyl/N-ethyl adjacent to an activating group) is 1. The summed E-state index contributed by atoms with van der Waals surface area (Å²) in [5.74, 6) is -2.73. The molecule has 0 aliphatic rings. The Morgan fingerprint density at radius 3 is 2.20 bits per heavy atom. The molecule has 0 saturated carbocycles. The fourth-order valence-electron chi connectivity index (χ4n) is 1.07. The second-order valence-electron chi connectivity index (χ2n) is 3.35. The minimum absolute atomic E-state index is 0.327. The fourth-order valence-corrected chi connectivity index (χ4v) is 1.07. The highest BCUT2D eigenvalue weighted by Crippen LogP contribution is 2.20. The highest BCUT2D eigenvalue weighted by molar-refractivity contribution is 5.78. The molecule has 0 fully saturated rings. The summed E-state index contributed by atoms with van der Waals surface area (Å²) >= 11 is 0. The fraction of sp³-hybridized carbons (Fsp3) is 0.300. The molecule has 0 spiro atoms. The van der Waals surface area contributed by atoms with Crippen molar-refractivity contribution in [1.29, 1.82) is 0 Å². The van der Waals surface area contributed by atoms with Crippen molar-refractivity contribution in [2.75, 3.05) is 14.1 Å². The molecule has 15 heavy (non-hydrogen) atoms. The third-order valence-corrected chi connectivity index (χ3v) is 1.95. The van der Waals surface area contributed by atoms with Gasteiger partial charge in [0.15, 0.2) is 0 Å². The van der Waals surface area contributed by atoms with E-state index < -0.39 is 23.3 Å². The van der Waals surface area contributed by atoms with Crippen LogP contribution in [0, 0.1) is 11.6 Å². The largest absolute Gasteiger partial charge is 0.508 e. The van der Waals surface area contributed by atoms with Gasteiger partial charge in [-0.05, 0) is 0 Å². The number of hydrogen-bond acceptors (Lipinski definition) is 2. The van der Waals surface area contributed by atoms with E-state index in [-0.39, 0.29) is 12.0 Å². The SMILES string of the molecule is CN(C)C(=O)Cc1c(F)cc(O)cc1F. The normalized spacial score (nSPS) is 10.1. The molecule has 0 aromatic heterocycles. The third kappa shape index (κ3) is 2.65. The standard InChI is InChI=1S/C10H11F2NO2/c1-13(2)10(15)5-7-8(11)3-6(14)4-9(7)12/h3-4,14H,5H2,1-2H3. The lowest BCUT2D eigenvalue weighted by Gasteiger charge is -2.11. The van der Waals surface area contributed by atoms with E-state index in [1.54, 1.807) is 0 Å². The highest BCUT2D eigenvalue weighted by Gasteiger charge is 2.15. The molecule has 1 amide bonds. The van der Waals surface area contributed by atoms with Gasteiger partial charge in [-0.3, -0.25) is 4.79 Å². The lowest BCUT2D eigenvalue weighted by atomic mass is 10.1. The molecule has 5 heteroatoms. The molecule has 1 aromatic carbocycles. The van der Waals surface area contributed by atoms with Crippen molar-refractivity contribution in [2.24, 2.45) is 0 Å². The number of aromatic hydroxyl groups is 1. The van der Waals surface area contributed by atoms with Crippen molar-refractivity contribution in [3.8, 4) is 5.75 Å². The van der Waals surface area contributed by atoms with Crippen LogP contribution in [0.2, 0.25) is 0 Å². The molecule has 0 aliphatic carbocycles. The van der Waals surface area contributed by atoms with Gasteiger partial charge < -0.3 is 10.0 Å². The maximum atomic E-state index is 13.2. The molecule has 82 valence electrons. The van der Waals surface area contributed by atoms with Crippen LogP contribution in [0.3, 0.4) is 0 Å². The van der Waals surface area contributed by atoms with E-state index in [0.29, 0.717) is 0 Å². The summed E-state index contributed by atoms with van der Waals surface area (Å²) in [4.78, 5) is 12.5. The zero-order valence-electron chi connectivity index (χ0n) is 8.42. The average molecular weight is 215 g/mol. The molecule has 0 bridgehead atoms. The highest BCUT2D eigenvalue weighted by atomic mass is 19.1. The van der Waals surface area contributed by atoms with Gasteiger partial charge in [0.25, 0.3) is 0 Å². The van der Waals surface area contributed by atoms with Crippen molar-refractivity contribution in [2.45, 2.75) is 6.42 Å². The van der Waals surface area contributed by atoms with Gasteiger partial charge >= 0.3 is 0 Å². The third-order valence-electron chi connectivity index (χ3n) is 1.95. The number of amides is 1. The average Bonchev–Trinajstić information content (AvgIpc) is 2.10.